The van der Waals surface area contributed by atoms with E-state index >= 15 is 0 Å². The quantitative estimate of drug-likeness (QED) is 0.548. The first-order valence-electron chi connectivity index (χ1n) is 9.08. The molecule has 0 heterocycles. The van der Waals surface area contributed by atoms with Crippen molar-refractivity contribution in [3.63, 3.8) is 0 Å². The maximum atomic E-state index is 12.0. The molecule has 0 aromatic heterocycles. The zero-order valence-electron chi connectivity index (χ0n) is 16.4. The second-order valence-electron chi connectivity index (χ2n) is 6.33. The molecule has 30 heavy (non-hydrogen) atoms. The number of alkyl carbamates (subject to hydrolysis) is 2. The van der Waals surface area contributed by atoms with Crippen LogP contribution in [0.25, 0.3) is 0 Å². The van der Waals surface area contributed by atoms with Crippen molar-refractivity contribution in [3.05, 3.63) is 71.8 Å². The number of rotatable bonds is 10. The number of hydrogen-bond acceptors (Lipinski definition) is 7. The predicted molar refractivity (Wildman–Crippen MR) is 109 cm³/mol. The Labute approximate surface area is 175 Å². The van der Waals surface area contributed by atoms with Gasteiger partial charge in [-0.25, -0.2) is 9.59 Å². The molecule has 162 valence electrons. The van der Waals surface area contributed by atoms with Gasteiger partial charge >= 0.3 is 12.2 Å². The van der Waals surface area contributed by atoms with E-state index in [2.05, 4.69) is 10.6 Å². The number of ether oxygens (including phenoxy) is 2. The van der Waals surface area contributed by atoms with Gasteiger partial charge < -0.3 is 20.1 Å². The average molecular weight is 436 g/mol. The molecule has 0 aliphatic heterocycles. The molecule has 0 aliphatic carbocycles. The van der Waals surface area contributed by atoms with Gasteiger partial charge in [0.25, 0.3) is 10.1 Å². The Bertz CT molecular complexity index is 905. The van der Waals surface area contributed by atoms with Crippen LogP contribution in [0.5, 0.6) is 0 Å². The number of carbonyl (C=O) groups is 2. The molecular formula is C20H24N2O7S. The van der Waals surface area contributed by atoms with E-state index in [4.69, 9.17) is 13.7 Å². The summed E-state index contributed by atoms with van der Waals surface area (Å²) in [5, 5.41) is 4.93. The van der Waals surface area contributed by atoms with Crippen molar-refractivity contribution in [1.82, 2.24) is 10.6 Å². The normalized spacial score (nSPS) is 11.9. The number of carbonyl (C=O) groups excluding carboxylic acids is 2. The molecule has 0 saturated heterocycles. The van der Waals surface area contributed by atoms with Gasteiger partial charge in [-0.05, 0) is 11.1 Å². The monoisotopic (exact) mass is 436 g/mol. The van der Waals surface area contributed by atoms with Gasteiger partial charge in [-0.2, -0.15) is 8.42 Å². The van der Waals surface area contributed by atoms with Crippen LogP contribution in [0, 0.1) is 0 Å². The highest BCUT2D eigenvalue weighted by molar-refractivity contribution is 7.85. The number of benzene rings is 2. The van der Waals surface area contributed by atoms with Gasteiger partial charge in [0, 0.05) is 6.54 Å². The molecule has 9 nitrogen and oxygen atoms in total. The van der Waals surface area contributed by atoms with E-state index < -0.39 is 28.3 Å². The Morgan fingerprint density at radius 2 is 1.37 bits per heavy atom. The summed E-state index contributed by atoms with van der Waals surface area (Å²) in [4.78, 5) is 23.9. The largest absolute Gasteiger partial charge is 0.445 e. The van der Waals surface area contributed by atoms with E-state index in [1.54, 1.807) is 24.3 Å². The second kappa shape index (κ2) is 11.8. The minimum Gasteiger partial charge on any atom is -0.445 e. The third kappa shape index (κ3) is 9.89. The molecule has 0 radical (unpaired) electrons. The molecule has 10 heteroatoms. The Morgan fingerprint density at radius 1 is 0.867 bits per heavy atom. The van der Waals surface area contributed by atoms with Crippen LogP contribution in [0.3, 0.4) is 0 Å². The molecule has 2 aromatic carbocycles. The lowest BCUT2D eigenvalue weighted by atomic mass is 10.2. The van der Waals surface area contributed by atoms with Gasteiger partial charge in [0.05, 0.1) is 18.9 Å². The summed E-state index contributed by atoms with van der Waals surface area (Å²) in [5.41, 5.74) is 1.60. The lowest BCUT2D eigenvalue weighted by molar-refractivity contribution is 0.125. The number of nitrogens with one attached hydrogen (secondary N) is 2. The SMILES string of the molecule is CS(=O)(=O)OCC(CNC(=O)OCc1ccccc1)NC(=O)OCc1ccccc1. The minimum absolute atomic E-state index is 0.0405. The van der Waals surface area contributed by atoms with Crippen molar-refractivity contribution in [3.8, 4) is 0 Å². The Kier molecular flexibility index (Phi) is 9.10. The van der Waals surface area contributed by atoms with Crippen LogP contribution in [0.1, 0.15) is 11.1 Å². The van der Waals surface area contributed by atoms with Gasteiger partial charge in [-0.15, -0.1) is 0 Å². The fourth-order valence-electron chi connectivity index (χ4n) is 2.27. The smallest absolute Gasteiger partial charge is 0.407 e. The first-order chi connectivity index (χ1) is 14.3. The molecule has 0 saturated carbocycles. The van der Waals surface area contributed by atoms with Crippen LogP contribution in [0.15, 0.2) is 60.7 Å². The summed E-state index contributed by atoms with van der Waals surface area (Å²) in [7, 11) is -3.73. The summed E-state index contributed by atoms with van der Waals surface area (Å²) < 4.78 is 37.4. The van der Waals surface area contributed by atoms with E-state index in [0.29, 0.717) is 0 Å². The summed E-state index contributed by atoms with van der Waals surface area (Å²) in [5.74, 6) is 0. The lowest BCUT2D eigenvalue weighted by Crippen LogP contribution is -2.46. The van der Waals surface area contributed by atoms with Crippen LogP contribution < -0.4 is 10.6 Å². The molecule has 2 N–H and O–H groups in total. The van der Waals surface area contributed by atoms with Crippen molar-refractivity contribution in [2.45, 2.75) is 19.3 Å². The van der Waals surface area contributed by atoms with Gasteiger partial charge in [-0.1, -0.05) is 60.7 Å². The third-order valence-corrected chi connectivity index (χ3v) is 4.29. The van der Waals surface area contributed by atoms with Crippen molar-refractivity contribution < 1.29 is 31.7 Å². The number of hydrogen-bond donors (Lipinski definition) is 2. The standard InChI is InChI=1S/C20H24N2O7S/c1-30(25,26)29-15-18(22-20(24)28-14-17-10-6-3-7-11-17)12-21-19(23)27-13-16-8-4-2-5-9-16/h2-11,18H,12-15H2,1H3,(H,21,23)(H,22,24). The fraction of sp³-hybridized carbons (Fsp3) is 0.300. The highest BCUT2D eigenvalue weighted by Gasteiger charge is 2.18. The fourth-order valence-corrected chi connectivity index (χ4v) is 2.68. The Balaban J connectivity index is 1.81. The van der Waals surface area contributed by atoms with Crippen LogP contribution >= 0.6 is 0 Å². The maximum Gasteiger partial charge on any atom is 0.407 e. The maximum absolute atomic E-state index is 12.0. The molecule has 2 amide bonds. The van der Waals surface area contributed by atoms with Crippen molar-refractivity contribution in [1.29, 1.82) is 0 Å². The zero-order valence-corrected chi connectivity index (χ0v) is 17.3. The zero-order chi connectivity index (χ0) is 21.8. The van der Waals surface area contributed by atoms with Crippen LogP contribution in [0.4, 0.5) is 9.59 Å². The molecule has 2 aromatic rings. The van der Waals surface area contributed by atoms with E-state index in [1.807, 2.05) is 36.4 Å². The van der Waals surface area contributed by atoms with Gasteiger partial charge in [0.15, 0.2) is 0 Å². The van der Waals surface area contributed by atoms with E-state index in [1.165, 1.54) is 0 Å². The third-order valence-electron chi connectivity index (χ3n) is 3.72. The molecular weight excluding hydrogens is 412 g/mol. The summed E-state index contributed by atoms with van der Waals surface area (Å²) >= 11 is 0. The summed E-state index contributed by atoms with van der Waals surface area (Å²) in [6.45, 7) is -0.385. The molecule has 1 atom stereocenters. The van der Waals surface area contributed by atoms with Crippen molar-refractivity contribution in [2.75, 3.05) is 19.4 Å². The van der Waals surface area contributed by atoms with Crippen molar-refractivity contribution >= 4 is 22.3 Å². The van der Waals surface area contributed by atoms with Gasteiger partial charge in [-0.3, -0.25) is 4.18 Å². The van der Waals surface area contributed by atoms with Gasteiger partial charge in [0.2, 0.25) is 0 Å². The Morgan fingerprint density at radius 3 is 1.87 bits per heavy atom. The van der Waals surface area contributed by atoms with E-state index in [0.717, 1.165) is 17.4 Å². The molecule has 0 bridgehead atoms. The highest BCUT2D eigenvalue weighted by atomic mass is 32.2. The summed E-state index contributed by atoms with van der Waals surface area (Å²) in [6, 6.07) is 17.3. The van der Waals surface area contributed by atoms with Crippen LogP contribution in [-0.2, 0) is 37.0 Å². The number of amides is 2. The molecule has 0 aliphatic rings. The molecule has 0 fully saturated rings. The average Bonchev–Trinajstić information content (AvgIpc) is 2.73. The van der Waals surface area contributed by atoms with E-state index in [9.17, 15) is 18.0 Å². The van der Waals surface area contributed by atoms with Crippen molar-refractivity contribution in [2.24, 2.45) is 0 Å². The minimum atomic E-state index is -3.73. The van der Waals surface area contributed by atoms with Crippen LogP contribution in [0.2, 0.25) is 0 Å². The summed E-state index contributed by atoms with van der Waals surface area (Å²) in [6.07, 6.45) is -0.609. The topological polar surface area (TPSA) is 120 Å². The Hall–Kier alpha value is -3.11. The first kappa shape index (κ1) is 23.2. The predicted octanol–water partition coefficient (Wildman–Crippen LogP) is 2.18. The second-order valence-corrected chi connectivity index (χ2v) is 7.98. The highest BCUT2D eigenvalue weighted by Crippen LogP contribution is 2.02. The lowest BCUT2D eigenvalue weighted by Gasteiger charge is -2.18. The molecule has 1 unspecified atom stereocenters. The van der Waals surface area contributed by atoms with Gasteiger partial charge in [0.1, 0.15) is 13.2 Å². The first-order valence-corrected chi connectivity index (χ1v) is 10.9. The van der Waals surface area contributed by atoms with Crippen LogP contribution in [-0.4, -0.2) is 46.1 Å². The van der Waals surface area contributed by atoms with E-state index in [-0.39, 0.29) is 26.4 Å². The molecule has 2 rings (SSSR count). The molecule has 0 spiro atoms.